The summed E-state index contributed by atoms with van der Waals surface area (Å²) in [6, 6.07) is 6.36. The average molecular weight is 332 g/mol. The van der Waals surface area contributed by atoms with E-state index in [1.54, 1.807) is 6.07 Å². The number of hydrogen-bond acceptors (Lipinski definition) is 1. The summed E-state index contributed by atoms with van der Waals surface area (Å²) in [5.41, 5.74) is 0.461. The molecule has 0 saturated carbocycles. The van der Waals surface area contributed by atoms with E-state index in [1.165, 1.54) is 0 Å². The topological polar surface area (TPSA) is 12.9 Å². The average Bonchev–Trinajstić information content (AvgIpc) is 2.26. The summed E-state index contributed by atoms with van der Waals surface area (Å²) in [5.74, 6) is 0. The molecule has 2 rings (SSSR count). The molecule has 1 nitrogen and oxygen atoms in total. The van der Waals surface area contributed by atoms with Gasteiger partial charge in [-0.2, -0.15) is 13.2 Å². The van der Waals surface area contributed by atoms with E-state index in [0.717, 1.165) is 11.6 Å². The predicted molar refractivity (Wildman–Crippen MR) is 73.1 cm³/mol. The van der Waals surface area contributed by atoms with Crippen molar-refractivity contribution in [3.05, 3.63) is 40.0 Å². The van der Waals surface area contributed by atoms with Crippen LogP contribution < -0.4 is 0 Å². The molecule has 0 unspecified atom stereocenters. The minimum absolute atomic E-state index is 0.0592. The fourth-order valence-electron chi connectivity index (χ4n) is 1.80. The summed E-state index contributed by atoms with van der Waals surface area (Å²) in [7, 11) is 0. The van der Waals surface area contributed by atoms with E-state index in [4.69, 9.17) is 0 Å². The van der Waals surface area contributed by atoms with Gasteiger partial charge in [0.1, 0.15) is 5.69 Å². The van der Waals surface area contributed by atoms with Crippen LogP contribution >= 0.6 is 15.9 Å². The van der Waals surface area contributed by atoms with Gasteiger partial charge in [0.15, 0.2) is 0 Å². The molecule has 0 spiro atoms. The molecule has 1 heterocycles. The third kappa shape index (κ3) is 2.91. The molecule has 19 heavy (non-hydrogen) atoms. The fourth-order valence-corrected chi connectivity index (χ4v) is 2.33. The van der Waals surface area contributed by atoms with Crippen LogP contribution in [0.15, 0.2) is 28.7 Å². The summed E-state index contributed by atoms with van der Waals surface area (Å²) in [6.07, 6.45) is -4.43. The zero-order chi connectivity index (χ0) is 14.4. The molecule has 0 bridgehead atoms. The molecule has 102 valence electrons. The summed E-state index contributed by atoms with van der Waals surface area (Å²) in [5, 5.41) is 0.695. The number of benzene rings is 1. The maximum atomic E-state index is 12.7. The van der Waals surface area contributed by atoms with E-state index in [2.05, 4.69) is 41.7 Å². The van der Waals surface area contributed by atoms with Gasteiger partial charge in [-0.25, -0.2) is 4.98 Å². The highest BCUT2D eigenvalue weighted by molar-refractivity contribution is 9.10. The molecular weight excluding hydrogens is 319 g/mol. The highest BCUT2D eigenvalue weighted by atomic mass is 79.9. The second-order valence-corrected chi connectivity index (χ2v) is 6.32. The SMILES string of the molecule is CC(C)(C)c1ccc2nc(C(F)(F)F)cc(Br)c2c1. The molecule has 0 aliphatic rings. The number of aromatic nitrogens is 1. The van der Waals surface area contributed by atoms with Gasteiger partial charge in [0.2, 0.25) is 0 Å². The summed E-state index contributed by atoms with van der Waals surface area (Å²) in [4.78, 5) is 3.68. The second-order valence-electron chi connectivity index (χ2n) is 5.47. The third-order valence-electron chi connectivity index (χ3n) is 2.91. The molecule has 0 aliphatic heterocycles. The minimum Gasteiger partial charge on any atom is -0.243 e. The summed E-state index contributed by atoms with van der Waals surface area (Å²) in [6.45, 7) is 6.17. The van der Waals surface area contributed by atoms with Gasteiger partial charge in [0.25, 0.3) is 0 Å². The molecule has 1 aromatic carbocycles. The highest BCUT2D eigenvalue weighted by Crippen LogP contribution is 2.34. The van der Waals surface area contributed by atoms with Crippen LogP contribution in [-0.4, -0.2) is 4.98 Å². The molecule has 0 atom stereocenters. The van der Waals surface area contributed by atoms with Crippen LogP contribution in [0.5, 0.6) is 0 Å². The molecule has 0 radical (unpaired) electrons. The number of halogens is 4. The molecule has 0 fully saturated rings. The molecule has 0 aliphatic carbocycles. The first-order valence-electron chi connectivity index (χ1n) is 5.77. The van der Waals surface area contributed by atoms with Gasteiger partial charge < -0.3 is 0 Å². The zero-order valence-electron chi connectivity index (χ0n) is 10.8. The molecule has 5 heteroatoms. The van der Waals surface area contributed by atoms with Crippen molar-refractivity contribution >= 4 is 26.8 Å². The van der Waals surface area contributed by atoms with Crippen LogP contribution in [-0.2, 0) is 11.6 Å². The van der Waals surface area contributed by atoms with E-state index in [-0.39, 0.29) is 5.41 Å². The van der Waals surface area contributed by atoms with Crippen molar-refractivity contribution in [2.75, 3.05) is 0 Å². The number of pyridine rings is 1. The van der Waals surface area contributed by atoms with Crippen LogP contribution in [0, 0.1) is 0 Å². The molecule has 0 saturated heterocycles. The molecule has 0 N–H and O–H groups in total. The van der Waals surface area contributed by atoms with Gasteiger partial charge in [0.05, 0.1) is 5.52 Å². The Bertz CT molecular complexity index is 627. The lowest BCUT2D eigenvalue weighted by molar-refractivity contribution is -0.141. The normalized spacial score (nSPS) is 13.0. The van der Waals surface area contributed by atoms with Crippen molar-refractivity contribution in [1.29, 1.82) is 0 Å². The highest BCUT2D eigenvalue weighted by Gasteiger charge is 2.33. The summed E-state index contributed by atoms with van der Waals surface area (Å²) >= 11 is 3.20. The Kier molecular flexibility index (Phi) is 3.37. The number of nitrogens with zero attached hydrogens (tertiary/aromatic N) is 1. The van der Waals surface area contributed by atoms with E-state index in [1.807, 2.05) is 12.1 Å². The Morgan fingerprint density at radius 1 is 1.05 bits per heavy atom. The van der Waals surface area contributed by atoms with Gasteiger partial charge in [-0.15, -0.1) is 0 Å². The van der Waals surface area contributed by atoms with Crippen LogP contribution in [0.25, 0.3) is 10.9 Å². The molecular formula is C14H13BrF3N. The van der Waals surface area contributed by atoms with Crippen LogP contribution in [0.4, 0.5) is 13.2 Å². The lowest BCUT2D eigenvalue weighted by Gasteiger charge is -2.20. The minimum atomic E-state index is -4.43. The van der Waals surface area contributed by atoms with Crippen molar-refractivity contribution in [2.24, 2.45) is 0 Å². The molecule has 1 aromatic heterocycles. The Morgan fingerprint density at radius 2 is 1.68 bits per heavy atom. The third-order valence-corrected chi connectivity index (χ3v) is 3.57. The van der Waals surface area contributed by atoms with E-state index >= 15 is 0 Å². The number of alkyl halides is 3. The molecule has 2 aromatic rings. The lowest BCUT2D eigenvalue weighted by Crippen LogP contribution is -2.11. The van der Waals surface area contributed by atoms with Crippen LogP contribution in [0.3, 0.4) is 0 Å². The van der Waals surface area contributed by atoms with Crippen molar-refractivity contribution < 1.29 is 13.2 Å². The Morgan fingerprint density at radius 3 is 2.21 bits per heavy atom. The Hall–Kier alpha value is -1.10. The fraction of sp³-hybridized carbons (Fsp3) is 0.357. The van der Waals surface area contributed by atoms with Gasteiger partial charge >= 0.3 is 6.18 Å². The van der Waals surface area contributed by atoms with Crippen LogP contribution in [0.2, 0.25) is 0 Å². The monoisotopic (exact) mass is 331 g/mol. The van der Waals surface area contributed by atoms with Crippen molar-refractivity contribution in [1.82, 2.24) is 4.98 Å². The first kappa shape index (κ1) is 14.3. The van der Waals surface area contributed by atoms with Crippen molar-refractivity contribution in [2.45, 2.75) is 32.4 Å². The van der Waals surface area contributed by atoms with Gasteiger partial charge in [-0.1, -0.05) is 42.8 Å². The maximum Gasteiger partial charge on any atom is 0.433 e. The first-order valence-corrected chi connectivity index (χ1v) is 6.56. The lowest BCUT2D eigenvalue weighted by atomic mass is 9.86. The largest absolute Gasteiger partial charge is 0.433 e. The Labute approximate surface area is 118 Å². The Balaban J connectivity index is 2.67. The predicted octanol–water partition coefficient (Wildman–Crippen LogP) is 5.31. The first-order chi connectivity index (χ1) is 8.59. The number of fused-ring (bicyclic) bond motifs is 1. The van der Waals surface area contributed by atoms with E-state index in [0.29, 0.717) is 15.4 Å². The van der Waals surface area contributed by atoms with Crippen LogP contribution in [0.1, 0.15) is 32.0 Å². The maximum absolute atomic E-state index is 12.7. The quantitative estimate of drug-likeness (QED) is 0.637. The molecule has 0 amide bonds. The van der Waals surface area contributed by atoms with Gasteiger partial charge in [-0.05, 0) is 29.2 Å². The summed E-state index contributed by atoms with van der Waals surface area (Å²) < 4.78 is 38.5. The van der Waals surface area contributed by atoms with Gasteiger partial charge in [-0.3, -0.25) is 0 Å². The van der Waals surface area contributed by atoms with Crippen molar-refractivity contribution in [3.63, 3.8) is 0 Å². The zero-order valence-corrected chi connectivity index (χ0v) is 12.4. The smallest absolute Gasteiger partial charge is 0.243 e. The van der Waals surface area contributed by atoms with E-state index in [9.17, 15) is 13.2 Å². The number of rotatable bonds is 0. The van der Waals surface area contributed by atoms with Gasteiger partial charge in [0, 0.05) is 9.86 Å². The standard InChI is InChI=1S/C14H13BrF3N/c1-13(2,3)8-4-5-11-9(6-8)10(15)7-12(19-11)14(16,17)18/h4-7H,1-3H3. The number of hydrogen-bond donors (Lipinski definition) is 0. The van der Waals surface area contributed by atoms with E-state index < -0.39 is 11.9 Å². The second kappa shape index (κ2) is 4.47. The van der Waals surface area contributed by atoms with Crippen molar-refractivity contribution in [3.8, 4) is 0 Å².